The molecule has 0 rings (SSSR count). The van der Waals surface area contributed by atoms with Crippen molar-refractivity contribution in [1.29, 1.82) is 0 Å². The Labute approximate surface area is 113 Å². The van der Waals surface area contributed by atoms with Crippen LogP contribution in [0.15, 0.2) is 0 Å². The van der Waals surface area contributed by atoms with Crippen LogP contribution in [0.2, 0.25) is 0 Å². The first kappa shape index (κ1) is 188. The molecule has 52 valence electrons. The third-order valence-corrected chi connectivity index (χ3v) is 0. The Balaban J connectivity index is 0. The second kappa shape index (κ2) is 141. The third kappa shape index (κ3) is 113. The molecule has 0 saturated carbocycles. The fourth-order valence-electron chi connectivity index (χ4n) is 0. The van der Waals surface area contributed by atoms with Gasteiger partial charge in [0.15, 0.2) is 0 Å². The Morgan fingerprint density at radius 3 is 0.333 bits per heavy atom. The van der Waals surface area contributed by atoms with Crippen LogP contribution in [0.3, 0.4) is 0 Å². The fraction of sp³-hybridized carbons (Fsp3) is 0. The van der Waals surface area contributed by atoms with Crippen molar-refractivity contribution in [3.63, 3.8) is 0 Å². The first-order valence-corrected chi connectivity index (χ1v) is 0. The van der Waals surface area contributed by atoms with E-state index in [0.717, 1.165) is 0 Å². The van der Waals surface area contributed by atoms with Crippen LogP contribution in [0.4, 0.5) is 0 Å². The van der Waals surface area contributed by atoms with Gasteiger partial charge in [0.1, 0.15) is 0 Å². The molecule has 9 heteroatoms. The second-order valence-corrected chi connectivity index (χ2v) is 0. The van der Waals surface area contributed by atoms with Gasteiger partial charge >= 0.3 is 44.8 Å². The van der Waals surface area contributed by atoms with E-state index in [1.54, 1.807) is 0 Å². The Hall–Kier alpha value is 2.66. The first-order valence-electron chi connectivity index (χ1n) is 0. The van der Waals surface area contributed by atoms with E-state index in [1.165, 1.54) is 0 Å². The van der Waals surface area contributed by atoms with Crippen molar-refractivity contribution < 1.29 is 114 Å². The molecule has 0 N–H and O–H groups in total. The molecule has 0 fully saturated rings. The molecule has 0 aromatic heterocycles. The fourth-order valence-corrected chi connectivity index (χ4v) is 0. The van der Waals surface area contributed by atoms with Gasteiger partial charge in [-0.15, -0.1) is 0 Å². The SMILES string of the molecule is [Mo].[Mo].[O-2].[O-2].[O-2].[O-2].[O-2].[Ta+5].[Ta+5]. The maximum absolute atomic E-state index is 0. The molecule has 0 spiro atoms. The Morgan fingerprint density at radius 1 is 0.333 bits per heavy atom. The smallest absolute Gasteiger partial charge is 2.00 e. The van der Waals surface area contributed by atoms with Gasteiger partial charge in [-0.2, -0.15) is 0 Å². The van der Waals surface area contributed by atoms with Crippen LogP contribution in [0, 0.1) is 0 Å². The zero-order chi connectivity index (χ0) is 0. The summed E-state index contributed by atoms with van der Waals surface area (Å²) in [5.74, 6) is 0. The average Bonchev–Trinajstić information content (AvgIpc) is 0. The van der Waals surface area contributed by atoms with Crippen LogP contribution >= 0.6 is 0 Å². The van der Waals surface area contributed by atoms with Crippen molar-refractivity contribution in [2.45, 2.75) is 0 Å². The molecule has 0 saturated heterocycles. The van der Waals surface area contributed by atoms with Crippen molar-refractivity contribution in [3.05, 3.63) is 0 Å². The largest absolute Gasteiger partial charge is 5.00 e. The van der Waals surface area contributed by atoms with Crippen LogP contribution in [-0.4, -0.2) is 0 Å². The van der Waals surface area contributed by atoms with Gasteiger partial charge in [0.05, 0.1) is 0 Å². The standard InChI is InChI=1S/2Mo.5O.2Ta/q;;5*-2;2*+5. The summed E-state index contributed by atoms with van der Waals surface area (Å²) in [6.07, 6.45) is 0. The zero-order valence-corrected chi connectivity index (χ0v) is 14.2. The summed E-state index contributed by atoms with van der Waals surface area (Å²) < 4.78 is 0. The van der Waals surface area contributed by atoms with Gasteiger partial charge in [-0.1, -0.05) is 0 Å². The molecule has 0 aromatic rings. The molecule has 0 aromatic carbocycles. The summed E-state index contributed by atoms with van der Waals surface area (Å²) in [4.78, 5) is 0. The quantitative estimate of drug-likeness (QED) is 0.314. The minimum absolute atomic E-state index is 0. The van der Waals surface area contributed by atoms with Crippen LogP contribution in [0.25, 0.3) is 0 Å². The summed E-state index contributed by atoms with van der Waals surface area (Å²) in [6.45, 7) is 0. The van der Waals surface area contributed by atoms with E-state index in [0.29, 0.717) is 0 Å². The topological polar surface area (TPSA) is 142 Å². The Morgan fingerprint density at radius 2 is 0.333 bits per heavy atom. The summed E-state index contributed by atoms with van der Waals surface area (Å²) in [7, 11) is 0. The zero-order valence-electron chi connectivity index (χ0n) is 3.75. The Kier molecular flexibility index (Phi) is 2930. The molecular formula is Mo2O5Ta2. The second-order valence-electron chi connectivity index (χ2n) is 0. The van der Waals surface area contributed by atoms with E-state index in [1.807, 2.05) is 0 Å². The molecule has 0 heterocycles. The predicted molar refractivity (Wildman–Crippen MR) is 3.43 cm³/mol. The van der Waals surface area contributed by atoms with Crippen LogP contribution < -0.4 is 0 Å². The predicted octanol–water partition coefficient (Wildman–Crippen LogP) is -0.604. The minimum Gasteiger partial charge on any atom is -2.00 e. The van der Waals surface area contributed by atoms with E-state index in [-0.39, 0.29) is 114 Å². The van der Waals surface area contributed by atoms with Gasteiger partial charge < -0.3 is 27.4 Å². The van der Waals surface area contributed by atoms with E-state index in [2.05, 4.69) is 0 Å². The first-order chi connectivity index (χ1) is 0. The van der Waals surface area contributed by atoms with Gasteiger partial charge in [0.2, 0.25) is 0 Å². The van der Waals surface area contributed by atoms with Gasteiger partial charge in [0, 0.05) is 42.1 Å². The molecular weight excluding hydrogens is 634 g/mol. The molecule has 0 atom stereocenters. The van der Waals surface area contributed by atoms with Crippen LogP contribution in [-0.2, 0) is 114 Å². The van der Waals surface area contributed by atoms with E-state index in [4.69, 9.17) is 0 Å². The van der Waals surface area contributed by atoms with Gasteiger partial charge in [-0.3, -0.25) is 0 Å². The van der Waals surface area contributed by atoms with Gasteiger partial charge in [-0.25, -0.2) is 0 Å². The molecule has 0 amide bonds. The molecule has 0 aliphatic heterocycles. The van der Waals surface area contributed by atoms with Gasteiger partial charge in [-0.05, 0) is 0 Å². The van der Waals surface area contributed by atoms with Crippen molar-refractivity contribution in [1.82, 2.24) is 0 Å². The normalized spacial score (nSPS) is 0. The summed E-state index contributed by atoms with van der Waals surface area (Å²) in [6, 6.07) is 0. The monoisotopic (exact) mass is 638 g/mol. The van der Waals surface area contributed by atoms with Crippen LogP contribution in [0.5, 0.6) is 0 Å². The molecule has 0 aliphatic rings. The number of hydrogen-bond acceptors (Lipinski definition) is 0. The summed E-state index contributed by atoms with van der Waals surface area (Å²) in [5.41, 5.74) is 0. The van der Waals surface area contributed by atoms with Crippen molar-refractivity contribution >= 4 is 0 Å². The Bertz CT molecular complexity index is 12.9. The average molecular weight is 634 g/mol. The van der Waals surface area contributed by atoms with Crippen molar-refractivity contribution in [2.75, 3.05) is 0 Å². The molecule has 9 heavy (non-hydrogen) atoms. The maximum Gasteiger partial charge on any atom is 5.00 e. The maximum atomic E-state index is 0. The number of rotatable bonds is 0. The summed E-state index contributed by atoms with van der Waals surface area (Å²) in [5, 5.41) is 0. The van der Waals surface area contributed by atoms with Crippen LogP contribution in [0.1, 0.15) is 0 Å². The molecule has 0 bridgehead atoms. The molecule has 0 aliphatic carbocycles. The van der Waals surface area contributed by atoms with Crippen molar-refractivity contribution in [2.24, 2.45) is 0 Å². The minimum atomic E-state index is 0. The van der Waals surface area contributed by atoms with E-state index >= 15 is 0 Å². The summed E-state index contributed by atoms with van der Waals surface area (Å²) >= 11 is 0. The molecule has 0 radical (unpaired) electrons. The van der Waals surface area contributed by atoms with E-state index < -0.39 is 0 Å². The van der Waals surface area contributed by atoms with Crippen molar-refractivity contribution in [3.8, 4) is 0 Å². The third-order valence-electron chi connectivity index (χ3n) is 0. The number of hydrogen-bond donors (Lipinski definition) is 0. The molecule has 0 unspecified atom stereocenters. The van der Waals surface area contributed by atoms with Gasteiger partial charge in [0.25, 0.3) is 0 Å². The van der Waals surface area contributed by atoms with E-state index in [9.17, 15) is 0 Å². The molecule has 5 nitrogen and oxygen atoms in total.